The lowest BCUT2D eigenvalue weighted by Crippen LogP contribution is -2.29. The summed E-state index contributed by atoms with van der Waals surface area (Å²) in [6.45, 7) is 0.128. The number of carbonyl (C=O) groups excluding carboxylic acids is 2. The molecule has 0 aliphatic carbocycles. The van der Waals surface area contributed by atoms with Crippen LogP contribution in [0.25, 0.3) is 5.76 Å². The first-order valence-corrected chi connectivity index (χ1v) is 10.1. The fourth-order valence-corrected chi connectivity index (χ4v) is 3.88. The highest BCUT2D eigenvalue weighted by Gasteiger charge is 2.47. The van der Waals surface area contributed by atoms with E-state index in [2.05, 4.69) is 0 Å². The lowest BCUT2D eigenvalue weighted by Gasteiger charge is -2.23. The minimum absolute atomic E-state index is 0.103. The van der Waals surface area contributed by atoms with Crippen LogP contribution in [-0.2, 0) is 16.1 Å². The highest BCUT2D eigenvalue weighted by Crippen LogP contribution is 2.42. The Labute approximate surface area is 189 Å². The molecule has 32 heavy (non-hydrogen) atoms. The zero-order valence-corrected chi connectivity index (χ0v) is 18.1. The fraction of sp³-hybridized carbons (Fsp3) is 0.167. The van der Waals surface area contributed by atoms with Crippen molar-refractivity contribution in [1.29, 1.82) is 0 Å². The van der Waals surface area contributed by atoms with Gasteiger partial charge in [-0.25, -0.2) is 0 Å². The van der Waals surface area contributed by atoms with Gasteiger partial charge in [-0.15, -0.1) is 0 Å². The van der Waals surface area contributed by atoms with E-state index in [1.54, 1.807) is 55.6 Å². The van der Waals surface area contributed by atoms with E-state index in [1.165, 1.54) is 24.3 Å². The van der Waals surface area contributed by atoms with Gasteiger partial charge in [0.1, 0.15) is 29.1 Å². The topological polar surface area (TPSA) is 89.2 Å². The molecule has 8 heteroatoms. The molecular weight excluding hydrogens is 434 g/mol. The summed E-state index contributed by atoms with van der Waals surface area (Å²) in [6.07, 6.45) is 1.45. The van der Waals surface area contributed by atoms with Gasteiger partial charge < -0.3 is 23.9 Å². The van der Waals surface area contributed by atoms with Crippen LogP contribution in [0.5, 0.6) is 11.5 Å². The predicted octanol–water partition coefficient (Wildman–Crippen LogP) is 4.57. The number of furan rings is 1. The Balaban J connectivity index is 1.82. The Morgan fingerprint density at radius 3 is 2.38 bits per heavy atom. The Bertz CT molecular complexity index is 1180. The molecule has 1 saturated heterocycles. The van der Waals surface area contributed by atoms with Crippen molar-refractivity contribution in [3.8, 4) is 11.5 Å². The zero-order valence-electron chi connectivity index (χ0n) is 17.4. The van der Waals surface area contributed by atoms with Crippen molar-refractivity contribution in [3.05, 3.63) is 88.3 Å². The third kappa shape index (κ3) is 3.83. The van der Waals surface area contributed by atoms with E-state index in [0.29, 0.717) is 17.3 Å². The monoisotopic (exact) mass is 453 g/mol. The number of halogens is 1. The molecule has 1 aliphatic rings. The molecule has 0 spiro atoms. The third-order valence-electron chi connectivity index (χ3n) is 5.29. The van der Waals surface area contributed by atoms with Crippen molar-refractivity contribution in [3.63, 3.8) is 0 Å². The van der Waals surface area contributed by atoms with Crippen molar-refractivity contribution in [2.24, 2.45) is 0 Å². The number of carbonyl (C=O) groups is 2. The van der Waals surface area contributed by atoms with E-state index in [1.807, 2.05) is 0 Å². The van der Waals surface area contributed by atoms with Crippen LogP contribution in [0.1, 0.15) is 22.9 Å². The summed E-state index contributed by atoms with van der Waals surface area (Å²) in [5.74, 6) is -0.507. The lowest BCUT2D eigenvalue weighted by atomic mass is 9.99. The predicted molar refractivity (Wildman–Crippen MR) is 118 cm³/mol. The number of benzene rings is 2. The normalized spacial score (nSPS) is 17.6. The van der Waals surface area contributed by atoms with Gasteiger partial charge in [0, 0.05) is 12.1 Å². The molecule has 1 aliphatic heterocycles. The second kappa shape index (κ2) is 8.80. The van der Waals surface area contributed by atoms with Crippen LogP contribution in [0.2, 0.25) is 5.02 Å². The van der Waals surface area contributed by atoms with Crippen LogP contribution < -0.4 is 9.47 Å². The Hall–Kier alpha value is -3.71. The number of amides is 1. The van der Waals surface area contributed by atoms with Crippen LogP contribution in [0, 0.1) is 0 Å². The smallest absolute Gasteiger partial charge is 0.296 e. The summed E-state index contributed by atoms with van der Waals surface area (Å²) >= 11 is 6.28. The quantitative estimate of drug-likeness (QED) is 0.334. The molecule has 1 fully saturated rings. The number of aliphatic hydroxyl groups is 1. The number of hydrogen-bond acceptors (Lipinski definition) is 6. The molecule has 0 radical (unpaired) electrons. The summed E-state index contributed by atoms with van der Waals surface area (Å²) in [7, 11) is 3.04. The van der Waals surface area contributed by atoms with E-state index >= 15 is 0 Å². The largest absolute Gasteiger partial charge is 0.507 e. The van der Waals surface area contributed by atoms with Crippen LogP contribution >= 0.6 is 11.6 Å². The van der Waals surface area contributed by atoms with Crippen molar-refractivity contribution >= 4 is 29.1 Å². The van der Waals surface area contributed by atoms with Crippen LogP contribution in [0.4, 0.5) is 0 Å². The molecule has 2 heterocycles. The van der Waals surface area contributed by atoms with Gasteiger partial charge in [-0.05, 0) is 48.0 Å². The number of rotatable bonds is 6. The van der Waals surface area contributed by atoms with Gasteiger partial charge in [0.05, 0.1) is 31.1 Å². The van der Waals surface area contributed by atoms with Crippen molar-refractivity contribution < 1.29 is 28.6 Å². The summed E-state index contributed by atoms with van der Waals surface area (Å²) < 4.78 is 15.9. The first kappa shape index (κ1) is 21.5. The SMILES string of the molecule is COc1ccc(CN2C(=O)C(=O)/C(=C(\O)c3cc(OC)ccc3Cl)C2c2ccco2)cc1. The first-order valence-electron chi connectivity index (χ1n) is 9.73. The van der Waals surface area contributed by atoms with Crippen LogP contribution in [0.3, 0.4) is 0 Å². The summed E-state index contributed by atoms with van der Waals surface area (Å²) in [6, 6.07) is 14.2. The summed E-state index contributed by atoms with van der Waals surface area (Å²) in [5, 5.41) is 11.3. The molecule has 2 aromatic carbocycles. The molecule has 4 rings (SSSR count). The molecule has 1 amide bonds. The zero-order chi connectivity index (χ0) is 22.8. The maximum atomic E-state index is 13.0. The summed E-state index contributed by atoms with van der Waals surface area (Å²) in [4.78, 5) is 27.4. The van der Waals surface area contributed by atoms with Gasteiger partial charge in [0.15, 0.2) is 0 Å². The van der Waals surface area contributed by atoms with E-state index in [4.69, 9.17) is 25.5 Å². The number of aliphatic hydroxyl groups excluding tert-OH is 1. The molecule has 7 nitrogen and oxygen atoms in total. The minimum Gasteiger partial charge on any atom is -0.507 e. The van der Waals surface area contributed by atoms with Crippen LogP contribution in [0.15, 0.2) is 70.9 Å². The third-order valence-corrected chi connectivity index (χ3v) is 5.62. The number of methoxy groups -OCH3 is 2. The molecule has 1 unspecified atom stereocenters. The summed E-state index contributed by atoms with van der Waals surface area (Å²) in [5.41, 5.74) is 0.863. The fourth-order valence-electron chi connectivity index (χ4n) is 3.67. The molecule has 1 N–H and O–H groups in total. The average molecular weight is 454 g/mol. The minimum atomic E-state index is -0.922. The van der Waals surface area contributed by atoms with E-state index < -0.39 is 23.5 Å². The second-order valence-electron chi connectivity index (χ2n) is 7.14. The number of likely N-dealkylation sites (tertiary alicyclic amines) is 1. The lowest BCUT2D eigenvalue weighted by molar-refractivity contribution is -0.140. The molecule has 0 bridgehead atoms. The number of hydrogen-bond donors (Lipinski definition) is 1. The first-order chi connectivity index (χ1) is 15.4. The number of nitrogens with zero attached hydrogens (tertiary/aromatic N) is 1. The van der Waals surface area contributed by atoms with Gasteiger partial charge in [-0.1, -0.05) is 23.7 Å². The maximum Gasteiger partial charge on any atom is 0.296 e. The van der Waals surface area contributed by atoms with Crippen LogP contribution in [-0.4, -0.2) is 35.9 Å². The number of Topliss-reactive ketones (excluding diaryl/α,β-unsaturated/α-hetero) is 1. The number of ketones is 1. The van der Waals surface area contributed by atoms with E-state index in [9.17, 15) is 14.7 Å². The molecule has 0 saturated carbocycles. The molecular formula is C24H20ClNO6. The van der Waals surface area contributed by atoms with Gasteiger partial charge in [-0.2, -0.15) is 0 Å². The second-order valence-corrected chi connectivity index (χ2v) is 7.54. The Morgan fingerprint density at radius 1 is 1.06 bits per heavy atom. The Morgan fingerprint density at radius 2 is 1.75 bits per heavy atom. The van der Waals surface area contributed by atoms with Crippen molar-refractivity contribution in [2.75, 3.05) is 14.2 Å². The molecule has 1 aromatic heterocycles. The maximum absolute atomic E-state index is 13.0. The molecule has 1 atom stereocenters. The van der Waals surface area contributed by atoms with E-state index in [0.717, 1.165) is 5.56 Å². The average Bonchev–Trinajstić information content (AvgIpc) is 3.42. The molecule has 164 valence electrons. The van der Waals surface area contributed by atoms with Gasteiger partial charge in [-0.3, -0.25) is 9.59 Å². The van der Waals surface area contributed by atoms with Gasteiger partial charge in [0.2, 0.25) is 0 Å². The Kier molecular flexibility index (Phi) is 5.92. The molecule has 3 aromatic rings. The van der Waals surface area contributed by atoms with Gasteiger partial charge >= 0.3 is 0 Å². The van der Waals surface area contributed by atoms with Crippen molar-refractivity contribution in [1.82, 2.24) is 4.90 Å². The standard InChI is InChI=1S/C24H20ClNO6/c1-30-15-7-5-14(6-8-15)13-26-21(19-4-3-11-32-19)20(23(28)24(26)29)22(27)17-12-16(31-2)9-10-18(17)25/h3-12,21,27H,13H2,1-2H3/b22-20-. The van der Waals surface area contributed by atoms with E-state index in [-0.39, 0.29) is 22.7 Å². The number of ether oxygens (including phenoxy) is 2. The highest BCUT2D eigenvalue weighted by molar-refractivity contribution is 6.46. The van der Waals surface area contributed by atoms with Crippen molar-refractivity contribution in [2.45, 2.75) is 12.6 Å². The van der Waals surface area contributed by atoms with Gasteiger partial charge in [0.25, 0.3) is 11.7 Å². The highest BCUT2D eigenvalue weighted by atomic mass is 35.5.